The normalized spacial score (nSPS) is 21.5. The van der Waals surface area contributed by atoms with Crippen LogP contribution in [0.1, 0.15) is 49.6 Å². The largest absolute Gasteiger partial charge is 0.464 e. The summed E-state index contributed by atoms with van der Waals surface area (Å²) in [5.41, 5.74) is 0. The number of furan rings is 1. The maximum Gasteiger partial charge on any atom is 0.328 e. The third-order valence-electron chi connectivity index (χ3n) is 5.21. The fourth-order valence-corrected chi connectivity index (χ4v) is 3.80. The van der Waals surface area contributed by atoms with Crippen LogP contribution in [0.2, 0.25) is 0 Å². The Hall–Kier alpha value is -2.31. The lowest BCUT2D eigenvalue weighted by Gasteiger charge is -2.38. The highest BCUT2D eigenvalue weighted by atomic mass is 16.5. The first kappa shape index (κ1) is 18.5. The number of ether oxygens (including phenoxy) is 1. The predicted molar refractivity (Wildman–Crippen MR) is 93.3 cm³/mol. The Bertz CT molecular complexity index is 634. The lowest BCUT2D eigenvalue weighted by molar-refractivity contribution is -0.158. The SMILES string of the molecule is CCOC(=O)C1CCCCN1C(=O)C1CCN(C(=O)c2ccco2)CC1. The van der Waals surface area contributed by atoms with Crippen molar-refractivity contribution in [2.24, 2.45) is 5.92 Å². The number of esters is 1. The molecule has 0 aromatic carbocycles. The second-order valence-corrected chi connectivity index (χ2v) is 6.84. The monoisotopic (exact) mass is 362 g/mol. The summed E-state index contributed by atoms with van der Waals surface area (Å²) in [4.78, 5) is 40.9. The molecule has 2 fully saturated rings. The molecular weight excluding hydrogens is 336 g/mol. The quantitative estimate of drug-likeness (QED) is 0.766. The van der Waals surface area contributed by atoms with Crippen molar-refractivity contribution < 1.29 is 23.5 Å². The average Bonchev–Trinajstić information content (AvgIpc) is 3.22. The van der Waals surface area contributed by atoms with E-state index in [1.165, 1.54) is 6.26 Å². The van der Waals surface area contributed by atoms with Crippen LogP contribution in [-0.4, -0.2) is 59.9 Å². The van der Waals surface area contributed by atoms with Gasteiger partial charge in [0.1, 0.15) is 6.04 Å². The summed E-state index contributed by atoms with van der Waals surface area (Å²) in [6.07, 6.45) is 5.21. The van der Waals surface area contributed by atoms with Crippen LogP contribution in [0.15, 0.2) is 22.8 Å². The molecule has 7 heteroatoms. The molecule has 2 saturated heterocycles. The third-order valence-corrected chi connectivity index (χ3v) is 5.21. The standard InChI is InChI=1S/C19H26N2O5/c1-2-25-19(24)15-6-3-4-10-21(15)17(22)14-8-11-20(12-9-14)18(23)16-7-5-13-26-16/h5,7,13-15H,2-4,6,8-12H2,1H3. The molecule has 0 saturated carbocycles. The molecule has 0 spiro atoms. The van der Waals surface area contributed by atoms with E-state index in [1.54, 1.807) is 28.9 Å². The van der Waals surface area contributed by atoms with E-state index >= 15 is 0 Å². The minimum atomic E-state index is -0.459. The Balaban J connectivity index is 1.58. The van der Waals surface area contributed by atoms with Crippen molar-refractivity contribution in [1.82, 2.24) is 9.80 Å². The zero-order chi connectivity index (χ0) is 18.5. The van der Waals surface area contributed by atoms with Gasteiger partial charge in [0, 0.05) is 25.6 Å². The Kier molecular flexibility index (Phi) is 5.96. The van der Waals surface area contributed by atoms with Crippen LogP contribution in [0.3, 0.4) is 0 Å². The number of carbonyl (C=O) groups excluding carboxylic acids is 3. The molecule has 3 rings (SSSR count). The highest BCUT2D eigenvalue weighted by Gasteiger charge is 2.38. The molecule has 1 aromatic heterocycles. The molecule has 2 aliphatic rings. The highest BCUT2D eigenvalue weighted by molar-refractivity contribution is 5.92. The topological polar surface area (TPSA) is 80.1 Å². The van der Waals surface area contributed by atoms with Crippen LogP contribution in [0, 0.1) is 5.92 Å². The van der Waals surface area contributed by atoms with E-state index in [4.69, 9.17) is 9.15 Å². The van der Waals surface area contributed by atoms with Gasteiger partial charge in [-0.3, -0.25) is 9.59 Å². The van der Waals surface area contributed by atoms with Crippen LogP contribution in [0.4, 0.5) is 0 Å². The predicted octanol–water partition coefficient (Wildman–Crippen LogP) is 2.08. The lowest BCUT2D eigenvalue weighted by Crippen LogP contribution is -2.52. The van der Waals surface area contributed by atoms with Crippen molar-refractivity contribution in [2.75, 3.05) is 26.2 Å². The molecule has 3 heterocycles. The van der Waals surface area contributed by atoms with E-state index in [0.717, 1.165) is 12.8 Å². The molecule has 2 aliphatic heterocycles. The zero-order valence-electron chi connectivity index (χ0n) is 15.2. The van der Waals surface area contributed by atoms with Gasteiger partial charge in [-0.15, -0.1) is 0 Å². The number of piperidine rings is 2. The number of nitrogens with zero attached hydrogens (tertiary/aromatic N) is 2. The van der Waals surface area contributed by atoms with E-state index in [9.17, 15) is 14.4 Å². The number of amides is 2. The van der Waals surface area contributed by atoms with E-state index in [1.807, 2.05) is 0 Å². The van der Waals surface area contributed by atoms with Gasteiger partial charge in [0.2, 0.25) is 5.91 Å². The fourth-order valence-electron chi connectivity index (χ4n) is 3.80. The van der Waals surface area contributed by atoms with E-state index in [0.29, 0.717) is 51.3 Å². The first-order valence-corrected chi connectivity index (χ1v) is 9.41. The Morgan fingerprint density at radius 3 is 2.58 bits per heavy atom. The molecule has 1 unspecified atom stereocenters. The second kappa shape index (κ2) is 8.38. The molecule has 0 radical (unpaired) electrons. The van der Waals surface area contributed by atoms with Crippen LogP contribution >= 0.6 is 0 Å². The summed E-state index contributed by atoms with van der Waals surface area (Å²) in [5, 5.41) is 0. The molecule has 1 atom stereocenters. The molecule has 26 heavy (non-hydrogen) atoms. The molecule has 142 valence electrons. The number of carbonyl (C=O) groups is 3. The molecule has 2 amide bonds. The van der Waals surface area contributed by atoms with Crippen molar-refractivity contribution in [3.63, 3.8) is 0 Å². The van der Waals surface area contributed by atoms with Crippen molar-refractivity contribution >= 4 is 17.8 Å². The fraction of sp³-hybridized carbons (Fsp3) is 0.632. The van der Waals surface area contributed by atoms with E-state index in [2.05, 4.69) is 0 Å². The summed E-state index contributed by atoms with van der Waals surface area (Å²) >= 11 is 0. The minimum absolute atomic E-state index is 0.0212. The van der Waals surface area contributed by atoms with Crippen molar-refractivity contribution in [3.05, 3.63) is 24.2 Å². The molecule has 7 nitrogen and oxygen atoms in total. The van der Waals surface area contributed by atoms with Gasteiger partial charge < -0.3 is 19.0 Å². The van der Waals surface area contributed by atoms with Crippen LogP contribution in [-0.2, 0) is 14.3 Å². The number of hydrogen-bond donors (Lipinski definition) is 0. The summed E-state index contributed by atoms with van der Waals surface area (Å²) < 4.78 is 10.3. The van der Waals surface area contributed by atoms with E-state index < -0.39 is 6.04 Å². The molecule has 0 aliphatic carbocycles. The Labute approximate surface area is 153 Å². The summed E-state index contributed by atoms with van der Waals surface area (Å²) in [6, 6.07) is 2.88. The first-order valence-electron chi connectivity index (χ1n) is 9.41. The number of hydrogen-bond acceptors (Lipinski definition) is 5. The molecule has 0 N–H and O–H groups in total. The van der Waals surface area contributed by atoms with Crippen LogP contribution in [0.5, 0.6) is 0 Å². The summed E-state index contributed by atoms with van der Waals surface area (Å²) in [5.74, 6) is -0.235. The van der Waals surface area contributed by atoms with Gasteiger partial charge in [-0.1, -0.05) is 0 Å². The van der Waals surface area contributed by atoms with Crippen molar-refractivity contribution in [3.8, 4) is 0 Å². The van der Waals surface area contributed by atoms with Crippen molar-refractivity contribution in [2.45, 2.75) is 45.1 Å². The van der Waals surface area contributed by atoms with Gasteiger partial charge in [-0.25, -0.2) is 4.79 Å². The van der Waals surface area contributed by atoms with Gasteiger partial charge in [-0.2, -0.15) is 0 Å². The zero-order valence-corrected chi connectivity index (χ0v) is 15.2. The smallest absolute Gasteiger partial charge is 0.328 e. The Morgan fingerprint density at radius 1 is 1.15 bits per heavy atom. The average molecular weight is 362 g/mol. The van der Waals surface area contributed by atoms with Crippen molar-refractivity contribution in [1.29, 1.82) is 0 Å². The summed E-state index contributed by atoms with van der Waals surface area (Å²) in [7, 11) is 0. The van der Waals surface area contributed by atoms with Gasteiger partial charge in [0.05, 0.1) is 12.9 Å². The molecule has 1 aromatic rings. The third kappa shape index (κ3) is 3.92. The number of rotatable bonds is 4. The van der Waals surface area contributed by atoms with Crippen LogP contribution < -0.4 is 0 Å². The highest BCUT2D eigenvalue weighted by Crippen LogP contribution is 2.26. The van der Waals surface area contributed by atoms with Gasteiger partial charge >= 0.3 is 5.97 Å². The van der Waals surface area contributed by atoms with Gasteiger partial charge in [-0.05, 0) is 51.2 Å². The first-order chi connectivity index (χ1) is 12.6. The maximum absolute atomic E-state index is 13.0. The molecular formula is C19H26N2O5. The summed E-state index contributed by atoms with van der Waals surface area (Å²) in [6.45, 7) is 3.75. The van der Waals surface area contributed by atoms with Gasteiger partial charge in [0.15, 0.2) is 5.76 Å². The van der Waals surface area contributed by atoms with E-state index in [-0.39, 0.29) is 23.7 Å². The maximum atomic E-state index is 13.0. The Morgan fingerprint density at radius 2 is 1.92 bits per heavy atom. The van der Waals surface area contributed by atoms with Gasteiger partial charge in [0.25, 0.3) is 5.91 Å². The molecule has 0 bridgehead atoms. The minimum Gasteiger partial charge on any atom is -0.464 e. The number of likely N-dealkylation sites (tertiary alicyclic amines) is 2. The van der Waals surface area contributed by atoms with Crippen LogP contribution in [0.25, 0.3) is 0 Å². The lowest BCUT2D eigenvalue weighted by atomic mass is 9.92. The second-order valence-electron chi connectivity index (χ2n) is 6.84.